The third-order valence-corrected chi connectivity index (χ3v) is 3.56. The molecule has 1 unspecified atom stereocenters. The van der Waals surface area contributed by atoms with Crippen LogP contribution in [0.3, 0.4) is 0 Å². The Morgan fingerprint density at radius 3 is 2.81 bits per heavy atom. The number of halogens is 2. The summed E-state index contributed by atoms with van der Waals surface area (Å²) in [5.74, 6) is -1.35. The van der Waals surface area contributed by atoms with Gasteiger partial charge in [0, 0.05) is 0 Å². The molecule has 0 amide bonds. The van der Waals surface area contributed by atoms with E-state index in [0.717, 1.165) is 4.68 Å². The lowest BCUT2D eigenvalue weighted by molar-refractivity contribution is -0.141. The summed E-state index contributed by atoms with van der Waals surface area (Å²) in [6, 6.07) is 2.79. The number of esters is 1. The molecule has 1 aromatic carbocycles. The number of aromatic nitrogens is 2. The van der Waals surface area contributed by atoms with Crippen molar-refractivity contribution in [2.75, 3.05) is 7.11 Å². The molecule has 1 heterocycles. The average Bonchev–Trinajstić information content (AvgIpc) is 2.45. The minimum atomic E-state index is -1.11. The van der Waals surface area contributed by atoms with E-state index in [1.807, 2.05) is 0 Å². The zero-order valence-electron chi connectivity index (χ0n) is 11.3. The summed E-state index contributed by atoms with van der Waals surface area (Å²) in [6.07, 6.45) is -1.11. The zero-order chi connectivity index (χ0) is 15.7. The Bertz CT molecular complexity index is 773. The lowest BCUT2D eigenvalue weighted by Gasteiger charge is -2.13. The number of aliphatic hydroxyl groups excluding tert-OH is 1. The van der Waals surface area contributed by atoms with Crippen LogP contribution in [0.15, 0.2) is 21.4 Å². The van der Waals surface area contributed by atoms with Crippen molar-refractivity contribution in [1.29, 1.82) is 0 Å². The number of methoxy groups -OCH3 is 1. The van der Waals surface area contributed by atoms with Crippen LogP contribution in [0.2, 0.25) is 0 Å². The number of rotatable bonds is 3. The van der Waals surface area contributed by atoms with Crippen LogP contribution in [-0.4, -0.2) is 28.0 Å². The molecule has 0 aliphatic rings. The van der Waals surface area contributed by atoms with Crippen LogP contribution in [-0.2, 0) is 16.1 Å². The lowest BCUT2D eigenvalue weighted by Crippen LogP contribution is -2.29. The first kappa shape index (κ1) is 15.6. The van der Waals surface area contributed by atoms with Gasteiger partial charge in [0.05, 0.1) is 28.5 Å². The van der Waals surface area contributed by atoms with Crippen molar-refractivity contribution >= 4 is 32.7 Å². The first-order valence-electron chi connectivity index (χ1n) is 6.00. The van der Waals surface area contributed by atoms with E-state index in [9.17, 15) is 19.1 Å². The van der Waals surface area contributed by atoms with Gasteiger partial charge in [-0.15, -0.1) is 0 Å². The maximum Gasteiger partial charge on any atom is 0.327 e. The summed E-state index contributed by atoms with van der Waals surface area (Å²) in [5.41, 5.74) is -0.654. The summed E-state index contributed by atoms with van der Waals surface area (Å²) in [4.78, 5) is 23.6. The Kier molecular flexibility index (Phi) is 4.38. The second-order valence-corrected chi connectivity index (χ2v) is 5.24. The molecule has 0 saturated heterocycles. The first-order valence-corrected chi connectivity index (χ1v) is 6.79. The number of carbonyl (C=O) groups excluding carboxylic acids is 1. The third-order valence-electron chi connectivity index (χ3n) is 2.95. The standard InChI is InChI=1S/C13H12BrFN2O4/c1-6(18)12-10-7(3-4-8(14)11(10)15)13(20)17(16-12)5-9(19)21-2/h3-4,6,18H,5H2,1-2H3. The molecule has 21 heavy (non-hydrogen) atoms. The van der Waals surface area contributed by atoms with Crippen LogP contribution in [0, 0.1) is 5.82 Å². The van der Waals surface area contributed by atoms with Crippen LogP contribution in [0.4, 0.5) is 4.39 Å². The van der Waals surface area contributed by atoms with Gasteiger partial charge in [0.15, 0.2) is 0 Å². The van der Waals surface area contributed by atoms with Crippen molar-refractivity contribution in [2.24, 2.45) is 0 Å². The van der Waals surface area contributed by atoms with E-state index >= 15 is 0 Å². The minimum Gasteiger partial charge on any atom is -0.468 e. The van der Waals surface area contributed by atoms with E-state index in [-0.39, 0.29) is 20.9 Å². The van der Waals surface area contributed by atoms with Gasteiger partial charge in [-0.3, -0.25) is 9.59 Å². The largest absolute Gasteiger partial charge is 0.468 e. The monoisotopic (exact) mass is 358 g/mol. The van der Waals surface area contributed by atoms with Crippen molar-refractivity contribution in [3.63, 3.8) is 0 Å². The molecule has 0 spiro atoms. The molecular formula is C13H12BrFN2O4. The van der Waals surface area contributed by atoms with Crippen molar-refractivity contribution in [3.8, 4) is 0 Å². The molecule has 1 aromatic heterocycles. The predicted octanol–water partition coefficient (Wildman–Crippen LogP) is 1.52. The third kappa shape index (κ3) is 2.81. The van der Waals surface area contributed by atoms with Gasteiger partial charge >= 0.3 is 5.97 Å². The average molecular weight is 359 g/mol. The molecule has 0 saturated carbocycles. The number of fused-ring (bicyclic) bond motifs is 1. The Labute approximate surface area is 127 Å². The molecule has 8 heteroatoms. The van der Waals surface area contributed by atoms with Gasteiger partial charge < -0.3 is 9.84 Å². The number of ether oxygens (including phenoxy) is 1. The summed E-state index contributed by atoms with van der Waals surface area (Å²) < 4.78 is 19.7. The summed E-state index contributed by atoms with van der Waals surface area (Å²) >= 11 is 3.03. The normalized spacial score (nSPS) is 12.4. The van der Waals surface area contributed by atoms with Gasteiger partial charge in [-0.2, -0.15) is 5.10 Å². The fourth-order valence-corrected chi connectivity index (χ4v) is 2.26. The van der Waals surface area contributed by atoms with Crippen molar-refractivity contribution in [2.45, 2.75) is 19.6 Å². The molecule has 0 bridgehead atoms. The fourth-order valence-electron chi connectivity index (χ4n) is 1.93. The summed E-state index contributed by atoms with van der Waals surface area (Å²) in [7, 11) is 1.18. The number of benzene rings is 1. The molecule has 2 aromatic rings. The van der Waals surface area contributed by atoms with Crippen LogP contribution in [0.25, 0.3) is 10.8 Å². The van der Waals surface area contributed by atoms with Crippen molar-refractivity contribution in [1.82, 2.24) is 9.78 Å². The molecule has 1 N–H and O–H groups in total. The number of aliphatic hydroxyl groups is 1. The predicted molar refractivity (Wildman–Crippen MR) is 76.3 cm³/mol. The van der Waals surface area contributed by atoms with Gasteiger partial charge in [0.25, 0.3) is 5.56 Å². The lowest BCUT2D eigenvalue weighted by atomic mass is 10.1. The topological polar surface area (TPSA) is 81.4 Å². The second kappa shape index (κ2) is 5.90. The van der Waals surface area contributed by atoms with Crippen molar-refractivity contribution < 1.29 is 19.0 Å². The van der Waals surface area contributed by atoms with Gasteiger partial charge in [-0.1, -0.05) is 0 Å². The van der Waals surface area contributed by atoms with Gasteiger partial charge in [0.2, 0.25) is 0 Å². The summed E-state index contributed by atoms with van der Waals surface area (Å²) in [6.45, 7) is 0.984. The maximum atomic E-state index is 14.2. The van der Waals surface area contributed by atoms with E-state index in [1.54, 1.807) is 0 Å². The molecule has 1 atom stereocenters. The fraction of sp³-hybridized carbons (Fsp3) is 0.308. The van der Waals surface area contributed by atoms with Crippen LogP contribution < -0.4 is 5.56 Å². The summed E-state index contributed by atoms with van der Waals surface area (Å²) in [5, 5.41) is 13.6. The van der Waals surface area contributed by atoms with Crippen molar-refractivity contribution in [3.05, 3.63) is 38.5 Å². The molecule has 0 aliphatic carbocycles. The highest BCUT2D eigenvalue weighted by Gasteiger charge is 2.20. The minimum absolute atomic E-state index is 0.0210. The Morgan fingerprint density at radius 1 is 1.57 bits per heavy atom. The van der Waals surface area contributed by atoms with E-state index in [1.165, 1.54) is 26.2 Å². The van der Waals surface area contributed by atoms with Crippen LogP contribution in [0.1, 0.15) is 18.7 Å². The highest BCUT2D eigenvalue weighted by molar-refractivity contribution is 9.10. The SMILES string of the molecule is COC(=O)Cn1nc(C(C)O)c2c(F)c(Br)ccc2c1=O. The Balaban J connectivity index is 2.82. The smallest absolute Gasteiger partial charge is 0.327 e. The molecule has 0 fully saturated rings. The molecule has 0 radical (unpaired) electrons. The van der Waals surface area contributed by atoms with Crippen LogP contribution >= 0.6 is 15.9 Å². The number of nitrogens with zero attached hydrogens (tertiary/aromatic N) is 2. The highest BCUT2D eigenvalue weighted by atomic mass is 79.9. The highest BCUT2D eigenvalue weighted by Crippen LogP contribution is 2.27. The van der Waals surface area contributed by atoms with E-state index in [4.69, 9.17) is 0 Å². The van der Waals surface area contributed by atoms with Gasteiger partial charge in [-0.05, 0) is 35.0 Å². The Hall–Kier alpha value is -1.80. The molecule has 2 rings (SSSR count). The maximum absolute atomic E-state index is 14.2. The molecular weight excluding hydrogens is 347 g/mol. The van der Waals surface area contributed by atoms with E-state index in [0.29, 0.717) is 0 Å². The quantitative estimate of drug-likeness (QED) is 0.841. The molecule has 112 valence electrons. The molecule has 6 nitrogen and oxygen atoms in total. The van der Waals surface area contributed by atoms with E-state index < -0.39 is 30.0 Å². The Morgan fingerprint density at radius 2 is 2.24 bits per heavy atom. The number of hydrogen-bond donors (Lipinski definition) is 1. The van der Waals surface area contributed by atoms with E-state index in [2.05, 4.69) is 25.8 Å². The number of carbonyl (C=O) groups is 1. The second-order valence-electron chi connectivity index (χ2n) is 4.38. The van der Waals surface area contributed by atoms with Crippen LogP contribution in [0.5, 0.6) is 0 Å². The van der Waals surface area contributed by atoms with Gasteiger partial charge in [0.1, 0.15) is 18.1 Å². The number of hydrogen-bond acceptors (Lipinski definition) is 5. The molecule has 0 aliphatic heterocycles. The zero-order valence-corrected chi connectivity index (χ0v) is 12.8. The first-order chi connectivity index (χ1) is 9.86. The van der Waals surface area contributed by atoms with Gasteiger partial charge in [-0.25, -0.2) is 9.07 Å².